The van der Waals surface area contributed by atoms with Crippen LogP contribution in [0.1, 0.15) is 20.8 Å². The number of hydrogen-bond acceptors (Lipinski definition) is 5. The van der Waals surface area contributed by atoms with Gasteiger partial charge in [-0.2, -0.15) is 0 Å². The average molecular weight is 303 g/mol. The molecular weight excluding hydrogens is 274 g/mol. The van der Waals surface area contributed by atoms with Crippen molar-refractivity contribution in [1.82, 2.24) is 5.32 Å². The zero-order chi connectivity index (χ0) is 15.6. The van der Waals surface area contributed by atoms with Gasteiger partial charge < -0.3 is 25.0 Å². The summed E-state index contributed by atoms with van der Waals surface area (Å²) in [6, 6.07) is -0.262. The molecule has 0 aromatic carbocycles. The van der Waals surface area contributed by atoms with Crippen LogP contribution in [0.4, 0.5) is 0 Å². The molecule has 4 N–H and O–H groups in total. The zero-order valence-electron chi connectivity index (χ0n) is 13.4. The predicted molar refractivity (Wildman–Crippen MR) is 82.5 cm³/mol. The quantitative estimate of drug-likeness (QED) is 0.391. The molecule has 1 saturated heterocycles. The number of nitrogens with one attached hydrogen (secondary N) is 2. The molecule has 1 aliphatic rings. The molecule has 1 fully saturated rings. The highest BCUT2D eigenvalue weighted by molar-refractivity contribution is 6.74. The van der Waals surface area contributed by atoms with Gasteiger partial charge >= 0.3 is 0 Å². The number of hydrogen-bond donors (Lipinski definition) is 3. The Morgan fingerprint density at radius 2 is 2.00 bits per heavy atom. The fraction of sp³-hybridized carbons (Fsp3) is 0.923. The molecule has 0 saturated carbocycles. The van der Waals surface area contributed by atoms with E-state index in [1.54, 1.807) is 7.11 Å². The van der Waals surface area contributed by atoms with E-state index in [4.69, 9.17) is 25.0 Å². The van der Waals surface area contributed by atoms with Gasteiger partial charge in [0.05, 0.1) is 19.0 Å². The Labute approximate surface area is 123 Å². The highest BCUT2D eigenvalue weighted by atomic mass is 28.4. The molecule has 1 unspecified atom stereocenters. The fourth-order valence-electron chi connectivity index (χ4n) is 1.96. The number of ether oxygens (including phenoxy) is 2. The van der Waals surface area contributed by atoms with Crippen molar-refractivity contribution in [3.8, 4) is 0 Å². The summed E-state index contributed by atoms with van der Waals surface area (Å²) >= 11 is 0. The fourth-order valence-corrected chi connectivity index (χ4v) is 3.27. The van der Waals surface area contributed by atoms with Crippen molar-refractivity contribution >= 4 is 14.7 Å². The predicted octanol–water partition coefficient (Wildman–Crippen LogP) is 1.27. The molecule has 4 atom stereocenters. The molecule has 0 aromatic heterocycles. The van der Waals surface area contributed by atoms with Gasteiger partial charge in [0.25, 0.3) is 0 Å². The molecule has 7 heteroatoms. The van der Waals surface area contributed by atoms with E-state index in [-0.39, 0.29) is 23.3 Å². The number of nitrogens with two attached hydrogens (primary N) is 1. The van der Waals surface area contributed by atoms with Crippen molar-refractivity contribution < 1.29 is 13.9 Å². The lowest BCUT2D eigenvalue weighted by Gasteiger charge is -2.40. The first-order chi connectivity index (χ1) is 9.14. The van der Waals surface area contributed by atoms with Crippen LogP contribution in [-0.4, -0.2) is 52.9 Å². The van der Waals surface area contributed by atoms with Gasteiger partial charge in [-0.1, -0.05) is 20.8 Å². The smallest absolute Gasteiger partial charge is 0.192 e. The molecule has 0 bridgehead atoms. The lowest BCUT2D eigenvalue weighted by atomic mass is 10.1. The van der Waals surface area contributed by atoms with E-state index in [1.807, 2.05) is 0 Å². The van der Waals surface area contributed by atoms with Crippen LogP contribution in [0, 0.1) is 5.41 Å². The zero-order valence-corrected chi connectivity index (χ0v) is 14.4. The molecular formula is C13H29N3O3Si. The van der Waals surface area contributed by atoms with Crippen LogP contribution in [0.3, 0.4) is 0 Å². The van der Waals surface area contributed by atoms with Crippen LogP contribution >= 0.6 is 0 Å². The van der Waals surface area contributed by atoms with E-state index in [0.717, 1.165) is 6.34 Å². The largest absolute Gasteiger partial charge is 0.408 e. The normalized spacial score (nSPS) is 31.4. The van der Waals surface area contributed by atoms with E-state index in [9.17, 15) is 0 Å². The Bertz CT molecular complexity index is 333. The van der Waals surface area contributed by atoms with Crippen molar-refractivity contribution in [1.29, 1.82) is 5.41 Å². The van der Waals surface area contributed by atoms with Crippen molar-refractivity contribution in [2.24, 2.45) is 5.73 Å². The Morgan fingerprint density at radius 1 is 1.40 bits per heavy atom. The first kappa shape index (κ1) is 17.6. The summed E-state index contributed by atoms with van der Waals surface area (Å²) in [5.41, 5.74) is 6.26. The lowest BCUT2D eigenvalue weighted by molar-refractivity contribution is -0.0231. The van der Waals surface area contributed by atoms with E-state index >= 15 is 0 Å². The number of methoxy groups -OCH3 is 1. The van der Waals surface area contributed by atoms with Gasteiger partial charge in [0.15, 0.2) is 14.5 Å². The van der Waals surface area contributed by atoms with E-state index < -0.39 is 14.5 Å². The SMILES string of the molecule is COC[C@H]1O[C@@H](NC=N)C(O[Si](C)(C)C(C)(C)C)[C@@H]1N. The van der Waals surface area contributed by atoms with Gasteiger partial charge in [0.1, 0.15) is 12.2 Å². The molecule has 0 amide bonds. The van der Waals surface area contributed by atoms with Crippen LogP contribution in [-0.2, 0) is 13.9 Å². The standard InChI is InChI=1S/C13H29N3O3Si/c1-13(2,3)20(5,6)19-11-10(15)9(7-17-4)18-12(11)16-8-14/h8-12H,7,15H2,1-6H3,(H2,14,16)/t9-,10-,11?,12-/m1/s1. The van der Waals surface area contributed by atoms with Crippen molar-refractivity contribution in [2.45, 2.75) is 63.4 Å². The maximum atomic E-state index is 7.21. The van der Waals surface area contributed by atoms with Crippen LogP contribution in [0.25, 0.3) is 0 Å². The van der Waals surface area contributed by atoms with E-state index in [0.29, 0.717) is 6.61 Å². The summed E-state index contributed by atoms with van der Waals surface area (Å²) in [7, 11) is -0.329. The highest BCUT2D eigenvalue weighted by Gasteiger charge is 2.48. The monoisotopic (exact) mass is 303 g/mol. The van der Waals surface area contributed by atoms with Gasteiger partial charge in [0.2, 0.25) is 0 Å². The summed E-state index contributed by atoms with van der Waals surface area (Å²) in [5, 5.41) is 10.2. The first-order valence-electron chi connectivity index (χ1n) is 6.97. The molecule has 0 aromatic rings. The average Bonchev–Trinajstić information content (AvgIpc) is 2.57. The van der Waals surface area contributed by atoms with Gasteiger partial charge in [-0.3, -0.25) is 5.41 Å². The summed E-state index contributed by atoms with van der Waals surface area (Å²) < 4.78 is 17.3. The Kier molecular flexibility index (Phi) is 5.74. The molecule has 1 aliphatic heterocycles. The molecule has 0 aliphatic carbocycles. The second-order valence-corrected chi connectivity index (χ2v) is 11.5. The molecule has 1 rings (SSSR count). The van der Waals surface area contributed by atoms with Crippen molar-refractivity contribution in [3.05, 3.63) is 0 Å². The minimum atomic E-state index is -1.95. The third-order valence-electron chi connectivity index (χ3n) is 4.24. The third-order valence-corrected chi connectivity index (χ3v) is 8.72. The number of rotatable bonds is 6. The van der Waals surface area contributed by atoms with Crippen LogP contribution in [0.2, 0.25) is 18.1 Å². The Morgan fingerprint density at radius 3 is 2.45 bits per heavy atom. The van der Waals surface area contributed by atoms with Gasteiger partial charge in [-0.25, -0.2) is 0 Å². The van der Waals surface area contributed by atoms with Gasteiger partial charge in [-0.05, 0) is 18.1 Å². The highest BCUT2D eigenvalue weighted by Crippen LogP contribution is 2.39. The summed E-state index contributed by atoms with van der Waals surface area (Å²) in [6.45, 7) is 11.4. The van der Waals surface area contributed by atoms with Crippen LogP contribution < -0.4 is 11.1 Å². The molecule has 118 valence electrons. The molecule has 0 spiro atoms. The summed E-state index contributed by atoms with van der Waals surface area (Å²) in [6.07, 6.45) is 0.246. The van der Waals surface area contributed by atoms with E-state index in [2.05, 4.69) is 39.2 Å². The minimum Gasteiger partial charge on any atom is -0.408 e. The molecule has 6 nitrogen and oxygen atoms in total. The second-order valence-electron chi connectivity index (χ2n) is 6.78. The summed E-state index contributed by atoms with van der Waals surface area (Å²) in [5.74, 6) is 0. The topological polar surface area (TPSA) is 89.6 Å². The maximum absolute atomic E-state index is 7.21. The van der Waals surface area contributed by atoms with Crippen molar-refractivity contribution in [2.75, 3.05) is 13.7 Å². The Hall–Kier alpha value is -0.473. The van der Waals surface area contributed by atoms with Crippen LogP contribution in [0.5, 0.6) is 0 Å². The van der Waals surface area contributed by atoms with Gasteiger partial charge in [-0.15, -0.1) is 0 Å². The lowest BCUT2D eigenvalue weighted by Crippen LogP contribution is -2.54. The third kappa shape index (κ3) is 3.79. The van der Waals surface area contributed by atoms with Gasteiger partial charge in [0, 0.05) is 7.11 Å². The molecule has 1 heterocycles. The van der Waals surface area contributed by atoms with Crippen LogP contribution in [0.15, 0.2) is 0 Å². The molecule has 20 heavy (non-hydrogen) atoms. The van der Waals surface area contributed by atoms with Crippen molar-refractivity contribution in [3.63, 3.8) is 0 Å². The maximum Gasteiger partial charge on any atom is 0.192 e. The second kappa shape index (κ2) is 6.53. The summed E-state index contributed by atoms with van der Waals surface area (Å²) in [4.78, 5) is 0. The first-order valence-corrected chi connectivity index (χ1v) is 9.87. The Balaban J connectivity index is 2.86. The minimum absolute atomic E-state index is 0.0985. The molecule has 0 radical (unpaired) electrons. The van der Waals surface area contributed by atoms with E-state index in [1.165, 1.54) is 0 Å².